The maximum Gasteiger partial charge on any atom is 0.354 e. The summed E-state index contributed by atoms with van der Waals surface area (Å²) in [5, 5.41) is 11.9. The van der Waals surface area contributed by atoms with Gasteiger partial charge in [0, 0.05) is 24.0 Å². The maximum absolute atomic E-state index is 12.3. The predicted octanol–water partition coefficient (Wildman–Crippen LogP) is 1.32. The molecule has 21 heavy (non-hydrogen) atoms. The van der Waals surface area contributed by atoms with E-state index in [9.17, 15) is 9.59 Å². The highest BCUT2D eigenvalue weighted by Gasteiger charge is 2.59. The number of aromatic carboxylic acids is 1. The number of fused-ring (bicyclic) bond motifs is 1. The fourth-order valence-electron chi connectivity index (χ4n) is 3.51. The molecule has 1 saturated heterocycles. The van der Waals surface area contributed by atoms with Crippen molar-refractivity contribution in [1.82, 2.24) is 10.3 Å². The maximum atomic E-state index is 12.3. The Kier molecular flexibility index (Phi) is 3.20. The van der Waals surface area contributed by atoms with Crippen LogP contribution in [0.15, 0.2) is 18.2 Å². The smallest absolute Gasteiger partial charge is 0.354 e. The number of ether oxygens (including phenoxy) is 1. The van der Waals surface area contributed by atoms with Gasteiger partial charge in [0.1, 0.15) is 11.4 Å². The van der Waals surface area contributed by atoms with E-state index in [-0.39, 0.29) is 34.9 Å². The van der Waals surface area contributed by atoms with Crippen molar-refractivity contribution in [3.63, 3.8) is 0 Å². The molecule has 1 amide bonds. The standard InChI is InChI=1S/C15H18N2O4/c1-15(2)11(8-6-7-21-12(8)15)17-13(18)9-4-3-5-10(16-9)14(19)20/h3-5,8,11-12H,6-7H2,1-2H3,(H,17,18)(H,19,20). The van der Waals surface area contributed by atoms with Crippen LogP contribution in [0.4, 0.5) is 0 Å². The van der Waals surface area contributed by atoms with Gasteiger partial charge in [0.05, 0.1) is 6.10 Å². The summed E-state index contributed by atoms with van der Waals surface area (Å²) in [5.41, 5.74) is -0.105. The van der Waals surface area contributed by atoms with Crippen LogP contribution in [-0.4, -0.2) is 40.7 Å². The minimum absolute atomic E-state index is 0.0350. The van der Waals surface area contributed by atoms with Crippen molar-refractivity contribution < 1.29 is 19.4 Å². The SMILES string of the molecule is CC1(C)C(NC(=O)c2cccc(C(=O)O)n2)C2CCOC21. The highest BCUT2D eigenvalue weighted by molar-refractivity contribution is 5.94. The molecule has 3 rings (SSSR count). The van der Waals surface area contributed by atoms with Crippen molar-refractivity contribution in [2.24, 2.45) is 11.3 Å². The van der Waals surface area contributed by atoms with Crippen LogP contribution in [0.5, 0.6) is 0 Å². The Morgan fingerprint density at radius 1 is 1.38 bits per heavy atom. The molecule has 2 N–H and O–H groups in total. The lowest BCUT2D eigenvalue weighted by atomic mass is 9.57. The number of rotatable bonds is 3. The molecule has 112 valence electrons. The Labute approximate surface area is 122 Å². The third-order valence-corrected chi connectivity index (χ3v) is 4.59. The second-order valence-electron chi connectivity index (χ2n) is 6.23. The largest absolute Gasteiger partial charge is 0.477 e. The van der Waals surface area contributed by atoms with Gasteiger partial charge in [-0.2, -0.15) is 0 Å². The van der Waals surface area contributed by atoms with Gasteiger partial charge < -0.3 is 15.2 Å². The van der Waals surface area contributed by atoms with Crippen LogP contribution in [0.1, 0.15) is 41.2 Å². The summed E-state index contributed by atoms with van der Waals surface area (Å²) < 4.78 is 5.69. The van der Waals surface area contributed by atoms with Gasteiger partial charge in [0.15, 0.2) is 0 Å². The summed E-state index contributed by atoms with van der Waals surface area (Å²) in [6.07, 6.45) is 1.14. The number of nitrogens with one attached hydrogen (secondary N) is 1. The normalized spacial score (nSPS) is 29.3. The van der Waals surface area contributed by atoms with Crippen LogP contribution in [0.2, 0.25) is 0 Å². The van der Waals surface area contributed by atoms with Gasteiger partial charge in [-0.25, -0.2) is 9.78 Å². The number of carbonyl (C=O) groups is 2. The van der Waals surface area contributed by atoms with Gasteiger partial charge in [-0.15, -0.1) is 0 Å². The van der Waals surface area contributed by atoms with E-state index in [1.165, 1.54) is 18.2 Å². The fourth-order valence-corrected chi connectivity index (χ4v) is 3.51. The number of carboxylic acids is 1. The molecule has 1 aromatic rings. The third kappa shape index (κ3) is 2.19. The molecule has 6 heteroatoms. The number of aromatic nitrogens is 1. The van der Waals surface area contributed by atoms with Crippen molar-refractivity contribution in [2.75, 3.05) is 6.61 Å². The minimum Gasteiger partial charge on any atom is -0.477 e. The van der Waals surface area contributed by atoms with Crippen LogP contribution in [0.25, 0.3) is 0 Å². The Morgan fingerprint density at radius 2 is 2.10 bits per heavy atom. The highest BCUT2D eigenvalue weighted by atomic mass is 16.5. The van der Waals surface area contributed by atoms with Crippen LogP contribution in [-0.2, 0) is 4.74 Å². The van der Waals surface area contributed by atoms with Gasteiger partial charge in [-0.3, -0.25) is 4.79 Å². The molecule has 0 radical (unpaired) electrons. The molecule has 1 aliphatic heterocycles. The summed E-state index contributed by atoms with van der Waals surface area (Å²) in [4.78, 5) is 27.1. The number of carbonyl (C=O) groups excluding carboxylic acids is 1. The first kappa shape index (κ1) is 14.0. The van der Waals surface area contributed by atoms with E-state index in [0.717, 1.165) is 13.0 Å². The van der Waals surface area contributed by atoms with Crippen LogP contribution in [0, 0.1) is 11.3 Å². The van der Waals surface area contributed by atoms with Gasteiger partial charge in [0.2, 0.25) is 0 Å². The highest BCUT2D eigenvalue weighted by Crippen LogP contribution is 2.52. The molecule has 2 heterocycles. The zero-order valence-corrected chi connectivity index (χ0v) is 12.0. The summed E-state index contributed by atoms with van der Waals surface area (Å²) >= 11 is 0. The average Bonchev–Trinajstić information content (AvgIpc) is 2.91. The van der Waals surface area contributed by atoms with Gasteiger partial charge in [-0.1, -0.05) is 19.9 Å². The molecule has 1 saturated carbocycles. The van der Waals surface area contributed by atoms with Gasteiger partial charge in [0.25, 0.3) is 5.91 Å². The molecule has 0 spiro atoms. The van der Waals surface area contributed by atoms with E-state index in [1.807, 2.05) is 0 Å². The molecule has 3 atom stereocenters. The summed E-state index contributed by atoms with van der Waals surface area (Å²) in [7, 11) is 0. The van der Waals surface area contributed by atoms with Crippen molar-refractivity contribution >= 4 is 11.9 Å². The lowest BCUT2D eigenvalue weighted by Crippen LogP contribution is -2.66. The predicted molar refractivity (Wildman–Crippen MR) is 74.1 cm³/mol. The first-order valence-electron chi connectivity index (χ1n) is 7.04. The van der Waals surface area contributed by atoms with Crippen LogP contribution in [0.3, 0.4) is 0 Å². The van der Waals surface area contributed by atoms with E-state index < -0.39 is 5.97 Å². The Balaban J connectivity index is 1.75. The number of hydrogen-bond acceptors (Lipinski definition) is 4. The molecule has 2 aliphatic rings. The first-order chi connectivity index (χ1) is 9.91. The van der Waals surface area contributed by atoms with Crippen molar-refractivity contribution in [1.29, 1.82) is 0 Å². The second-order valence-corrected chi connectivity index (χ2v) is 6.23. The first-order valence-corrected chi connectivity index (χ1v) is 7.04. The van der Waals surface area contributed by atoms with Crippen molar-refractivity contribution in [2.45, 2.75) is 32.4 Å². The monoisotopic (exact) mass is 290 g/mol. The van der Waals surface area contributed by atoms with E-state index in [4.69, 9.17) is 9.84 Å². The van der Waals surface area contributed by atoms with E-state index in [2.05, 4.69) is 24.1 Å². The Morgan fingerprint density at radius 3 is 2.81 bits per heavy atom. The average molecular weight is 290 g/mol. The van der Waals surface area contributed by atoms with E-state index in [1.54, 1.807) is 0 Å². The van der Waals surface area contributed by atoms with Crippen molar-refractivity contribution in [3.05, 3.63) is 29.6 Å². The topological polar surface area (TPSA) is 88.5 Å². The zero-order valence-electron chi connectivity index (χ0n) is 12.0. The third-order valence-electron chi connectivity index (χ3n) is 4.59. The Hall–Kier alpha value is -1.95. The number of pyridine rings is 1. The molecule has 3 unspecified atom stereocenters. The van der Waals surface area contributed by atoms with Crippen LogP contribution < -0.4 is 5.32 Å². The van der Waals surface area contributed by atoms with Crippen molar-refractivity contribution in [3.8, 4) is 0 Å². The quantitative estimate of drug-likeness (QED) is 0.876. The lowest BCUT2D eigenvalue weighted by Gasteiger charge is -2.54. The number of carboxylic acid groups (broad SMARTS) is 1. The minimum atomic E-state index is -1.14. The van der Waals surface area contributed by atoms with Gasteiger partial charge in [-0.05, 0) is 18.6 Å². The molecule has 0 bridgehead atoms. The molecule has 0 aromatic carbocycles. The molecular formula is C15H18N2O4. The molecule has 1 aliphatic carbocycles. The van der Waals surface area contributed by atoms with Gasteiger partial charge >= 0.3 is 5.97 Å². The summed E-state index contributed by atoms with van der Waals surface area (Å²) in [6, 6.07) is 4.45. The summed E-state index contributed by atoms with van der Waals surface area (Å²) in [6.45, 7) is 4.88. The molecule has 6 nitrogen and oxygen atoms in total. The number of hydrogen-bond donors (Lipinski definition) is 2. The molecular weight excluding hydrogens is 272 g/mol. The zero-order chi connectivity index (χ0) is 15.2. The van der Waals surface area contributed by atoms with Crippen LogP contribution >= 0.6 is 0 Å². The second kappa shape index (κ2) is 4.80. The van der Waals surface area contributed by atoms with E-state index in [0.29, 0.717) is 5.92 Å². The Bertz CT molecular complexity index is 599. The molecule has 1 aromatic heterocycles. The fraction of sp³-hybridized carbons (Fsp3) is 0.533. The number of amides is 1. The van der Waals surface area contributed by atoms with E-state index >= 15 is 0 Å². The molecule has 2 fully saturated rings. The number of nitrogens with zero attached hydrogens (tertiary/aromatic N) is 1. The lowest BCUT2D eigenvalue weighted by molar-refractivity contribution is -0.108. The summed E-state index contributed by atoms with van der Waals surface area (Å²) in [5.74, 6) is -1.13.